The van der Waals surface area contributed by atoms with Gasteiger partial charge in [0.15, 0.2) is 6.10 Å². The van der Waals surface area contributed by atoms with E-state index in [4.69, 9.17) is 14.2 Å². The first-order valence-electron chi connectivity index (χ1n) is 10.9. The number of carbonyl (C=O) groups is 3. The van der Waals surface area contributed by atoms with Gasteiger partial charge in [-0.1, -0.05) is 30.3 Å². The number of Topliss-reactive ketones (excluding diaryl/α,β-unsaturated/α-hetero) is 1. The third kappa shape index (κ3) is 7.48. The molecule has 0 aliphatic rings. The summed E-state index contributed by atoms with van der Waals surface area (Å²) >= 11 is 0. The van der Waals surface area contributed by atoms with Crippen LogP contribution in [0.1, 0.15) is 35.7 Å². The Morgan fingerprint density at radius 3 is 2.12 bits per heavy atom. The van der Waals surface area contributed by atoms with Gasteiger partial charge in [-0.15, -0.1) is 0 Å². The zero-order chi connectivity index (χ0) is 24.3. The van der Waals surface area contributed by atoms with Crippen molar-refractivity contribution in [2.45, 2.75) is 32.5 Å². The molecule has 1 N–H and O–H groups in total. The Kier molecular flexibility index (Phi) is 8.80. The highest BCUT2D eigenvalue weighted by Gasteiger charge is 2.20. The molecule has 7 heteroatoms. The van der Waals surface area contributed by atoms with E-state index in [1.807, 2.05) is 30.3 Å². The number of ketones is 1. The van der Waals surface area contributed by atoms with Crippen LogP contribution in [0.15, 0.2) is 78.9 Å². The molecule has 0 unspecified atom stereocenters. The quantitative estimate of drug-likeness (QED) is 0.326. The molecular formula is C27H27NO6. The van der Waals surface area contributed by atoms with Crippen LogP contribution in [-0.4, -0.2) is 30.9 Å². The normalized spacial score (nSPS) is 11.2. The lowest BCUT2D eigenvalue weighted by molar-refractivity contribution is -0.147. The minimum Gasteiger partial charge on any atom is -0.497 e. The molecule has 1 atom stereocenters. The maximum Gasteiger partial charge on any atom is 0.307 e. The average molecular weight is 462 g/mol. The van der Waals surface area contributed by atoms with E-state index in [9.17, 15) is 14.4 Å². The molecule has 0 aliphatic heterocycles. The smallest absolute Gasteiger partial charge is 0.307 e. The van der Waals surface area contributed by atoms with Crippen molar-refractivity contribution >= 4 is 23.3 Å². The largest absolute Gasteiger partial charge is 0.497 e. The summed E-state index contributed by atoms with van der Waals surface area (Å²) in [6.45, 7) is 1.94. The van der Waals surface area contributed by atoms with Crippen molar-refractivity contribution in [1.82, 2.24) is 0 Å². The molecule has 1 amide bonds. The number of amides is 1. The molecule has 3 aromatic carbocycles. The summed E-state index contributed by atoms with van der Waals surface area (Å²) in [5, 5.41) is 2.70. The molecule has 0 heterocycles. The van der Waals surface area contributed by atoms with Gasteiger partial charge in [0, 0.05) is 17.7 Å². The van der Waals surface area contributed by atoms with Gasteiger partial charge in [-0.3, -0.25) is 14.4 Å². The van der Waals surface area contributed by atoms with E-state index in [-0.39, 0.29) is 24.5 Å². The monoisotopic (exact) mass is 461 g/mol. The molecule has 0 saturated heterocycles. The fourth-order valence-corrected chi connectivity index (χ4v) is 3.11. The number of rotatable bonds is 11. The van der Waals surface area contributed by atoms with E-state index >= 15 is 0 Å². The maximum absolute atomic E-state index is 12.6. The minimum atomic E-state index is -0.965. The summed E-state index contributed by atoms with van der Waals surface area (Å²) in [6, 6.07) is 23.3. The molecule has 34 heavy (non-hydrogen) atoms. The van der Waals surface area contributed by atoms with E-state index in [2.05, 4.69) is 5.32 Å². The van der Waals surface area contributed by atoms with Crippen molar-refractivity contribution in [3.05, 3.63) is 90.0 Å². The Hall–Kier alpha value is -4.13. The standard InChI is InChI=1S/C27H27NO6/c1-19(34-26(30)17-16-25(29)28-22-10-14-23(32-2)15-11-22)27(31)21-8-12-24(13-9-21)33-18-20-6-4-3-5-7-20/h3-15,19H,16-18H2,1-2H3,(H,28,29)/t19-/m0/s1. The van der Waals surface area contributed by atoms with Gasteiger partial charge < -0.3 is 19.5 Å². The fraction of sp³-hybridized carbons (Fsp3) is 0.222. The molecule has 0 saturated carbocycles. The van der Waals surface area contributed by atoms with Crippen LogP contribution in [0.25, 0.3) is 0 Å². The van der Waals surface area contributed by atoms with Crippen LogP contribution in [0.2, 0.25) is 0 Å². The van der Waals surface area contributed by atoms with Crippen molar-refractivity contribution in [2.24, 2.45) is 0 Å². The number of ether oxygens (including phenoxy) is 3. The third-order valence-corrected chi connectivity index (χ3v) is 4.99. The Bertz CT molecular complexity index is 1090. The van der Waals surface area contributed by atoms with E-state index in [1.165, 1.54) is 6.92 Å². The summed E-state index contributed by atoms with van der Waals surface area (Å²) in [5.74, 6) is 0.0360. The lowest BCUT2D eigenvalue weighted by Gasteiger charge is -2.13. The molecule has 0 aromatic heterocycles. The molecule has 0 radical (unpaired) electrons. The Labute approximate surface area is 198 Å². The number of methoxy groups -OCH3 is 1. The molecule has 0 aliphatic carbocycles. The fourth-order valence-electron chi connectivity index (χ4n) is 3.11. The van der Waals surface area contributed by atoms with Crippen LogP contribution in [0.4, 0.5) is 5.69 Å². The maximum atomic E-state index is 12.6. The van der Waals surface area contributed by atoms with E-state index in [1.54, 1.807) is 55.6 Å². The van der Waals surface area contributed by atoms with Gasteiger partial charge in [-0.25, -0.2) is 0 Å². The van der Waals surface area contributed by atoms with Crippen LogP contribution in [0, 0.1) is 0 Å². The van der Waals surface area contributed by atoms with Crippen LogP contribution >= 0.6 is 0 Å². The SMILES string of the molecule is COc1ccc(NC(=O)CCC(=O)O[C@@H](C)C(=O)c2ccc(OCc3ccccc3)cc2)cc1. The summed E-state index contributed by atoms with van der Waals surface area (Å²) in [7, 11) is 1.56. The van der Waals surface area contributed by atoms with Gasteiger partial charge in [0.05, 0.1) is 13.5 Å². The van der Waals surface area contributed by atoms with Gasteiger partial charge in [0.2, 0.25) is 11.7 Å². The number of benzene rings is 3. The predicted molar refractivity (Wildman–Crippen MR) is 128 cm³/mol. The van der Waals surface area contributed by atoms with Crippen molar-refractivity contribution < 1.29 is 28.6 Å². The highest BCUT2D eigenvalue weighted by atomic mass is 16.5. The Morgan fingerprint density at radius 2 is 1.47 bits per heavy atom. The van der Waals surface area contributed by atoms with Crippen LogP contribution in [-0.2, 0) is 20.9 Å². The summed E-state index contributed by atoms with van der Waals surface area (Å²) in [6.07, 6.45) is -1.15. The van der Waals surface area contributed by atoms with Crippen molar-refractivity contribution in [3.63, 3.8) is 0 Å². The van der Waals surface area contributed by atoms with Gasteiger partial charge in [-0.05, 0) is 61.0 Å². The number of esters is 1. The zero-order valence-corrected chi connectivity index (χ0v) is 19.2. The van der Waals surface area contributed by atoms with E-state index < -0.39 is 12.1 Å². The number of anilines is 1. The first-order chi connectivity index (χ1) is 16.4. The van der Waals surface area contributed by atoms with Crippen molar-refractivity contribution in [1.29, 1.82) is 0 Å². The van der Waals surface area contributed by atoms with Gasteiger partial charge in [0.25, 0.3) is 0 Å². The van der Waals surface area contributed by atoms with Crippen LogP contribution < -0.4 is 14.8 Å². The van der Waals surface area contributed by atoms with Gasteiger partial charge in [-0.2, -0.15) is 0 Å². The molecule has 0 bridgehead atoms. The highest BCUT2D eigenvalue weighted by molar-refractivity contribution is 6.00. The molecule has 176 valence electrons. The van der Waals surface area contributed by atoms with Crippen LogP contribution in [0.3, 0.4) is 0 Å². The second-order valence-corrected chi connectivity index (χ2v) is 7.57. The third-order valence-electron chi connectivity index (χ3n) is 4.99. The lowest BCUT2D eigenvalue weighted by atomic mass is 10.1. The topological polar surface area (TPSA) is 90.9 Å². The van der Waals surface area contributed by atoms with Gasteiger partial charge in [0.1, 0.15) is 18.1 Å². The average Bonchev–Trinajstić information content (AvgIpc) is 2.87. The number of nitrogens with one attached hydrogen (secondary N) is 1. The number of carbonyl (C=O) groups excluding carboxylic acids is 3. The number of hydrogen-bond acceptors (Lipinski definition) is 6. The summed E-state index contributed by atoms with van der Waals surface area (Å²) in [4.78, 5) is 36.8. The Balaban J connectivity index is 1.42. The zero-order valence-electron chi connectivity index (χ0n) is 19.2. The molecule has 0 spiro atoms. The summed E-state index contributed by atoms with van der Waals surface area (Å²) in [5.41, 5.74) is 2.05. The van der Waals surface area contributed by atoms with Crippen molar-refractivity contribution in [2.75, 3.05) is 12.4 Å². The second kappa shape index (κ2) is 12.2. The molecule has 7 nitrogen and oxygen atoms in total. The Morgan fingerprint density at radius 1 is 0.824 bits per heavy atom. The first kappa shape index (κ1) is 24.5. The molecule has 3 aromatic rings. The lowest BCUT2D eigenvalue weighted by Crippen LogP contribution is -2.25. The minimum absolute atomic E-state index is 0.0563. The van der Waals surface area contributed by atoms with Gasteiger partial charge >= 0.3 is 5.97 Å². The number of hydrogen-bond donors (Lipinski definition) is 1. The van der Waals surface area contributed by atoms with Crippen molar-refractivity contribution in [3.8, 4) is 11.5 Å². The molecule has 0 fully saturated rings. The van der Waals surface area contributed by atoms with E-state index in [0.717, 1.165) is 5.56 Å². The predicted octanol–water partition coefficient (Wildman–Crippen LogP) is 4.81. The van der Waals surface area contributed by atoms with Crippen LogP contribution in [0.5, 0.6) is 11.5 Å². The summed E-state index contributed by atoms with van der Waals surface area (Å²) < 4.78 is 16.0. The first-order valence-corrected chi connectivity index (χ1v) is 10.9. The second-order valence-electron chi connectivity index (χ2n) is 7.57. The molecule has 3 rings (SSSR count). The highest BCUT2D eigenvalue weighted by Crippen LogP contribution is 2.17. The van der Waals surface area contributed by atoms with E-state index in [0.29, 0.717) is 29.4 Å². The molecular weight excluding hydrogens is 434 g/mol.